The van der Waals surface area contributed by atoms with Gasteiger partial charge >= 0.3 is 0 Å². The predicted molar refractivity (Wildman–Crippen MR) is 58.1 cm³/mol. The van der Waals surface area contributed by atoms with Crippen molar-refractivity contribution >= 4 is 20.0 Å². The molecule has 0 saturated heterocycles. The molecule has 0 aliphatic carbocycles. The summed E-state index contributed by atoms with van der Waals surface area (Å²) in [7, 11) is -7.02. The van der Waals surface area contributed by atoms with Gasteiger partial charge in [-0.3, -0.25) is 0 Å². The third kappa shape index (κ3) is 10.1. The van der Waals surface area contributed by atoms with Gasteiger partial charge < -0.3 is 5.73 Å². The summed E-state index contributed by atoms with van der Waals surface area (Å²) in [5.74, 6) is -0.446. The lowest BCUT2D eigenvalue weighted by Gasteiger charge is -2.05. The lowest BCUT2D eigenvalue weighted by molar-refractivity contribution is 0.577. The summed E-state index contributed by atoms with van der Waals surface area (Å²) >= 11 is 0. The summed E-state index contributed by atoms with van der Waals surface area (Å²) in [4.78, 5) is 0. The van der Waals surface area contributed by atoms with Gasteiger partial charge in [0.25, 0.3) is 0 Å². The molecule has 0 spiro atoms. The zero-order chi connectivity index (χ0) is 11.9. The van der Waals surface area contributed by atoms with Crippen LogP contribution in [0.4, 0.5) is 0 Å². The van der Waals surface area contributed by atoms with Gasteiger partial charge in [-0.25, -0.2) is 26.7 Å². The van der Waals surface area contributed by atoms with E-state index in [1.165, 1.54) is 0 Å². The average molecular weight is 259 g/mol. The fraction of sp³-hybridized carbons (Fsp3) is 1.00. The molecule has 0 radical (unpaired) electrons. The molecular formula is C6H17N3O4S2. The van der Waals surface area contributed by atoms with E-state index in [9.17, 15) is 16.8 Å². The monoisotopic (exact) mass is 259 g/mol. The van der Waals surface area contributed by atoms with Gasteiger partial charge in [0.15, 0.2) is 0 Å². The number of hydrogen-bond donors (Lipinski definition) is 3. The van der Waals surface area contributed by atoms with Gasteiger partial charge in [0, 0.05) is 6.54 Å². The summed E-state index contributed by atoms with van der Waals surface area (Å²) in [6.07, 6.45) is 1.08. The van der Waals surface area contributed by atoms with Crippen molar-refractivity contribution in [2.75, 3.05) is 24.6 Å². The van der Waals surface area contributed by atoms with E-state index >= 15 is 0 Å². The molecule has 92 valence electrons. The molecule has 7 nitrogen and oxygen atoms in total. The number of unbranched alkanes of at least 4 members (excludes halogenated alkanes) is 1. The van der Waals surface area contributed by atoms with E-state index in [1.54, 1.807) is 0 Å². The van der Waals surface area contributed by atoms with Crippen molar-refractivity contribution in [1.82, 2.24) is 4.72 Å². The number of hydrogen-bond acceptors (Lipinski definition) is 5. The van der Waals surface area contributed by atoms with Gasteiger partial charge in [-0.15, -0.1) is 0 Å². The first-order chi connectivity index (χ1) is 6.77. The van der Waals surface area contributed by atoms with Crippen molar-refractivity contribution in [3.63, 3.8) is 0 Å². The quantitative estimate of drug-likeness (QED) is 0.431. The van der Waals surface area contributed by atoms with Crippen LogP contribution in [-0.4, -0.2) is 41.4 Å². The van der Waals surface area contributed by atoms with Crippen LogP contribution < -0.4 is 15.6 Å². The highest BCUT2D eigenvalue weighted by molar-refractivity contribution is 7.90. The molecule has 0 unspecified atom stereocenters. The van der Waals surface area contributed by atoms with Gasteiger partial charge in [-0.1, -0.05) is 0 Å². The second kappa shape index (κ2) is 6.38. The molecular weight excluding hydrogens is 242 g/mol. The number of rotatable bonds is 8. The minimum absolute atomic E-state index is 0.0468. The predicted octanol–water partition coefficient (Wildman–Crippen LogP) is -2.07. The van der Waals surface area contributed by atoms with Crippen molar-refractivity contribution in [2.45, 2.75) is 12.8 Å². The number of nitrogens with one attached hydrogen (secondary N) is 1. The highest BCUT2D eigenvalue weighted by Gasteiger charge is 2.10. The Balaban J connectivity index is 3.85. The van der Waals surface area contributed by atoms with Crippen molar-refractivity contribution < 1.29 is 16.8 Å². The van der Waals surface area contributed by atoms with E-state index in [0.29, 0.717) is 19.4 Å². The molecule has 0 aliphatic rings. The Hall–Kier alpha value is -0.220. The Kier molecular flexibility index (Phi) is 6.29. The van der Waals surface area contributed by atoms with Crippen LogP contribution >= 0.6 is 0 Å². The molecule has 0 aromatic carbocycles. The maximum atomic E-state index is 11.2. The first-order valence-electron chi connectivity index (χ1n) is 4.45. The smallest absolute Gasteiger partial charge is 0.211 e. The first-order valence-corrected chi connectivity index (χ1v) is 7.81. The van der Waals surface area contributed by atoms with Crippen molar-refractivity contribution in [2.24, 2.45) is 10.9 Å². The van der Waals surface area contributed by atoms with Gasteiger partial charge in [0.2, 0.25) is 20.0 Å². The van der Waals surface area contributed by atoms with E-state index in [0.717, 1.165) is 0 Å². The summed E-state index contributed by atoms with van der Waals surface area (Å²) in [5.41, 5.74) is 5.20. The number of primary sulfonamides is 1. The normalized spacial score (nSPS) is 12.9. The van der Waals surface area contributed by atoms with E-state index in [1.807, 2.05) is 0 Å². The molecule has 0 aliphatic heterocycles. The Morgan fingerprint density at radius 2 is 1.60 bits per heavy atom. The molecule has 0 aromatic heterocycles. The van der Waals surface area contributed by atoms with Gasteiger partial charge in [0.1, 0.15) is 0 Å². The number of sulfonamides is 2. The minimum atomic E-state index is -3.62. The van der Waals surface area contributed by atoms with Crippen LogP contribution in [0.5, 0.6) is 0 Å². The van der Waals surface area contributed by atoms with Crippen LogP contribution in [0.2, 0.25) is 0 Å². The molecule has 0 fully saturated rings. The third-order valence-electron chi connectivity index (χ3n) is 1.58. The Labute approximate surface area is 90.3 Å². The summed E-state index contributed by atoms with van der Waals surface area (Å²) < 4.78 is 45.6. The zero-order valence-electron chi connectivity index (χ0n) is 8.35. The maximum absolute atomic E-state index is 11.2. The molecule has 0 aromatic rings. The molecule has 0 rings (SSSR count). The minimum Gasteiger partial charge on any atom is -0.330 e. The standard InChI is InChI=1S/C6H17N3O4S2/c7-3-1-2-5-15(12,13)9-4-6-14(8,10)11/h9H,1-7H2,(H2,8,10,11). The average Bonchev–Trinajstić information content (AvgIpc) is 2.01. The molecule has 15 heavy (non-hydrogen) atoms. The van der Waals surface area contributed by atoms with E-state index in [4.69, 9.17) is 10.9 Å². The number of nitrogens with two attached hydrogens (primary N) is 2. The second-order valence-corrected chi connectivity index (χ2v) is 6.74. The summed E-state index contributed by atoms with van der Waals surface area (Å²) in [5, 5.41) is 4.71. The van der Waals surface area contributed by atoms with Gasteiger partial charge in [-0.05, 0) is 19.4 Å². The lowest BCUT2D eigenvalue weighted by Crippen LogP contribution is -2.33. The lowest BCUT2D eigenvalue weighted by atomic mass is 10.3. The van der Waals surface area contributed by atoms with Crippen molar-refractivity contribution in [3.8, 4) is 0 Å². The van der Waals surface area contributed by atoms with E-state index < -0.39 is 25.8 Å². The molecule has 0 heterocycles. The SMILES string of the molecule is NCCCCS(=O)(=O)NCCS(N)(=O)=O. The van der Waals surface area contributed by atoms with Gasteiger partial charge in [0.05, 0.1) is 11.5 Å². The molecule has 0 amide bonds. The molecule has 0 bridgehead atoms. The summed E-state index contributed by atoms with van der Waals surface area (Å²) in [6.45, 7) is 0.247. The molecule has 5 N–H and O–H groups in total. The van der Waals surface area contributed by atoms with Crippen LogP contribution in [0.3, 0.4) is 0 Å². The molecule has 0 atom stereocenters. The van der Waals surface area contributed by atoms with E-state index in [2.05, 4.69) is 4.72 Å². The van der Waals surface area contributed by atoms with E-state index in [-0.39, 0.29) is 12.3 Å². The van der Waals surface area contributed by atoms with Crippen molar-refractivity contribution in [3.05, 3.63) is 0 Å². The zero-order valence-corrected chi connectivity index (χ0v) is 9.98. The molecule has 9 heteroatoms. The molecule has 0 saturated carbocycles. The van der Waals surface area contributed by atoms with Crippen LogP contribution in [0.25, 0.3) is 0 Å². The Morgan fingerprint density at radius 3 is 2.07 bits per heavy atom. The first kappa shape index (κ1) is 14.8. The third-order valence-corrected chi connectivity index (χ3v) is 3.82. The largest absolute Gasteiger partial charge is 0.330 e. The van der Waals surface area contributed by atoms with Crippen LogP contribution in [0.1, 0.15) is 12.8 Å². The van der Waals surface area contributed by atoms with Crippen LogP contribution in [0, 0.1) is 0 Å². The van der Waals surface area contributed by atoms with Crippen molar-refractivity contribution in [1.29, 1.82) is 0 Å². The second-order valence-electron chi connectivity index (χ2n) is 3.08. The highest BCUT2D eigenvalue weighted by atomic mass is 32.2. The Bertz CT molecular complexity index is 362. The Morgan fingerprint density at radius 1 is 1.00 bits per heavy atom. The fourth-order valence-electron chi connectivity index (χ4n) is 0.848. The summed E-state index contributed by atoms with van der Waals surface area (Å²) in [6, 6.07) is 0. The highest BCUT2D eigenvalue weighted by Crippen LogP contribution is 1.92. The maximum Gasteiger partial charge on any atom is 0.211 e. The van der Waals surface area contributed by atoms with Gasteiger partial charge in [-0.2, -0.15) is 0 Å². The van der Waals surface area contributed by atoms with Crippen LogP contribution in [0.15, 0.2) is 0 Å². The topological polar surface area (TPSA) is 132 Å². The fourth-order valence-corrected chi connectivity index (χ4v) is 2.51. The van der Waals surface area contributed by atoms with Crippen LogP contribution in [-0.2, 0) is 20.0 Å².